The molecule has 1 aromatic heterocycles. The Morgan fingerprint density at radius 1 is 1.24 bits per heavy atom. The number of anilines is 2. The summed E-state index contributed by atoms with van der Waals surface area (Å²) >= 11 is 1.56. The minimum absolute atomic E-state index is 0.114. The lowest BCUT2D eigenvalue weighted by atomic mass is 9.95. The highest BCUT2D eigenvalue weighted by Crippen LogP contribution is 2.36. The molecule has 1 aromatic carbocycles. The molecule has 5 heteroatoms. The third-order valence-electron chi connectivity index (χ3n) is 3.77. The van der Waals surface area contributed by atoms with Crippen molar-refractivity contribution in [1.82, 2.24) is 0 Å². The molecule has 3 N–H and O–H groups in total. The van der Waals surface area contributed by atoms with Crippen LogP contribution in [0.25, 0.3) is 0 Å². The number of ether oxygens (including phenoxy) is 1. The highest BCUT2D eigenvalue weighted by atomic mass is 32.1. The number of aryl methyl sites for hydroxylation is 1. The van der Waals surface area contributed by atoms with Crippen molar-refractivity contribution < 1.29 is 9.53 Å². The number of rotatable bonds is 3. The summed E-state index contributed by atoms with van der Waals surface area (Å²) in [5.41, 5.74) is 8.62. The van der Waals surface area contributed by atoms with Gasteiger partial charge in [0.1, 0.15) is 5.75 Å². The van der Waals surface area contributed by atoms with E-state index in [0.717, 1.165) is 36.3 Å². The maximum absolute atomic E-state index is 12.5. The van der Waals surface area contributed by atoms with E-state index in [4.69, 9.17) is 10.5 Å². The van der Waals surface area contributed by atoms with Crippen LogP contribution in [0.5, 0.6) is 5.75 Å². The second-order valence-electron chi connectivity index (χ2n) is 5.13. The summed E-state index contributed by atoms with van der Waals surface area (Å²) in [5.74, 6) is 0.650. The molecule has 0 saturated carbocycles. The first-order chi connectivity index (χ1) is 10.2. The van der Waals surface area contributed by atoms with Crippen LogP contribution in [-0.2, 0) is 12.8 Å². The van der Waals surface area contributed by atoms with Crippen LogP contribution in [-0.4, -0.2) is 13.0 Å². The highest BCUT2D eigenvalue weighted by Gasteiger charge is 2.24. The molecule has 0 atom stereocenters. The standard InChI is InChI=1S/C16H18N2O2S/c1-20-11-8-6-10(7-9-11)18-16(19)14-12-4-2-3-5-13(12)21-15(14)17/h6-9H,2-5,17H2,1H3,(H,18,19). The summed E-state index contributed by atoms with van der Waals surface area (Å²) < 4.78 is 5.11. The molecule has 2 aromatic rings. The van der Waals surface area contributed by atoms with Crippen LogP contribution in [0.4, 0.5) is 10.7 Å². The zero-order valence-corrected chi connectivity index (χ0v) is 12.8. The summed E-state index contributed by atoms with van der Waals surface area (Å²) in [5, 5.41) is 3.55. The van der Waals surface area contributed by atoms with E-state index >= 15 is 0 Å². The van der Waals surface area contributed by atoms with Gasteiger partial charge in [-0.25, -0.2) is 0 Å². The van der Waals surface area contributed by atoms with Crippen molar-refractivity contribution in [2.24, 2.45) is 0 Å². The minimum atomic E-state index is -0.114. The van der Waals surface area contributed by atoms with Gasteiger partial charge in [0.15, 0.2) is 0 Å². The molecule has 1 aliphatic carbocycles. The van der Waals surface area contributed by atoms with Crippen molar-refractivity contribution >= 4 is 27.9 Å². The molecule has 0 saturated heterocycles. The largest absolute Gasteiger partial charge is 0.497 e. The predicted octanol–water partition coefficient (Wildman–Crippen LogP) is 3.47. The van der Waals surface area contributed by atoms with Crippen LogP contribution in [0.3, 0.4) is 0 Å². The number of hydrogen-bond acceptors (Lipinski definition) is 4. The van der Waals surface area contributed by atoms with Gasteiger partial charge in [-0.3, -0.25) is 4.79 Å². The van der Waals surface area contributed by atoms with Gasteiger partial charge in [-0.2, -0.15) is 0 Å². The highest BCUT2D eigenvalue weighted by molar-refractivity contribution is 7.16. The van der Waals surface area contributed by atoms with Crippen molar-refractivity contribution in [2.75, 3.05) is 18.2 Å². The number of fused-ring (bicyclic) bond motifs is 1. The maximum Gasteiger partial charge on any atom is 0.258 e. The van der Waals surface area contributed by atoms with Crippen LogP contribution in [0.15, 0.2) is 24.3 Å². The quantitative estimate of drug-likeness (QED) is 0.912. The average molecular weight is 302 g/mol. The van der Waals surface area contributed by atoms with Crippen LogP contribution >= 0.6 is 11.3 Å². The summed E-state index contributed by atoms with van der Waals surface area (Å²) in [6.07, 6.45) is 4.31. The molecule has 0 fully saturated rings. The molecule has 1 aliphatic rings. The Labute approximate surface area is 127 Å². The number of benzene rings is 1. The Kier molecular flexibility index (Phi) is 3.84. The monoisotopic (exact) mass is 302 g/mol. The summed E-state index contributed by atoms with van der Waals surface area (Å²) in [6.45, 7) is 0. The van der Waals surface area contributed by atoms with Gasteiger partial charge in [-0.1, -0.05) is 0 Å². The number of carbonyl (C=O) groups is 1. The number of amides is 1. The number of nitrogens with one attached hydrogen (secondary N) is 1. The minimum Gasteiger partial charge on any atom is -0.497 e. The molecule has 1 amide bonds. The van der Waals surface area contributed by atoms with Crippen molar-refractivity contribution in [3.05, 3.63) is 40.3 Å². The van der Waals surface area contributed by atoms with Crippen LogP contribution in [0, 0.1) is 0 Å². The fourth-order valence-corrected chi connectivity index (χ4v) is 3.86. The number of thiophene rings is 1. The van der Waals surface area contributed by atoms with Gasteiger partial charge < -0.3 is 15.8 Å². The van der Waals surface area contributed by atoms with E-state index in [-0.39, 0.29) is 5.91 Å². The smallest absolute Gasteiger partial charge is 0.258 e. The lowest BCUT2D eigenvalue weighted by Gasteiger charge is -2.13. The van der Waals surface area contributed by atoms with Crippen molar-refractivity contribution in [2.45, 2.75) is 25.7 Å². The molecule has 21 heavy (non-hydrogen) atoms. The molecule has 0 unspecified atom stereocenters. The van der Waals surface area contributed by atoms with Gasteiger partial charge in [0, 0.05) is 10.6 Å². The number of hydrogen-bond donors (Lipinski definition) is 2. The number of nitrogen functional groups attached to an aromatic ring is 1. The van der Waals surface area contributed by atoms with Gasteiger partial charge in [0.2, 0.25) is 0 Å². The first-order valence-corrected chi connectivity index (χ1v) is 7.86. The lowest BCUT2D eigenvalue weighted by molar-refractivity contribution is 0.102. The Bertz CT molecular complexity index is 662. The summed E-state index contributed by atoms with van der Waals surface area (Å²) in [7, 11) is 1.62. The Balaban J connectivity index is 1.83. The number of methoxy groups -OCH3 is 1. The Morgan fingerprint density at radius 3 is 2.67 bits per heavy atom. The van der Waals surface area contributed by atoms with Crippen molar-refractivity contribution in [3.63, 3.8) is 0 Å². The van der Waals surface area contributed by atoms with Crippen molar-refractivity contribution in [1.29, 1.82) is 0 Å². The first kappa shape index (κ1) is 13.9. The normalized spacial score (nSPS) is 13.6. The fourth-order valence-electron chi connectivity index (χ4n) is 2.70. The maximum atomic E-state index is 12.5. The van der Waals surface area contributed by atoms with E-state index < -0.39 is 0 Å². The second-order valence-corrected chi connectivity index (χ2v) is 6.27. The van der Waals surface area contributed by atoms with E-state index in [1.165, 1.54) is 11.3 Å². The van der Waals surface area contributed by atoms with Crippen LogP contribution in [0.2, 0.25) is 0 Å². The summed E-state index contributed by atoms with van der Waals surface area (Å²) in [4.78, 5) is 13.8. The summed E-state index contributed by atoms with van der Waals surface area (Å²) in [6, 6.07) is 7.29. The van der Waals surface area contributed by atoms with E-state index in [2.05, 4.69) is 5.32 Å². The average Bonchev–Trinajstić information content (AvgIpc) is 2.83. The van der Waals surface area contributed by atoms with Crippen LogP contribution in [0.1, 0.15) is 33.6 Å². The van der Waals surface area contributed by atoms with Gasteiger partial charge in [-0.05, 0) is 55.5 Å². The predicted molar refractivity (Wildman–Crippen MR) is 86.3 cm³/mol. The van der Waals surface area contributed by atoms with Gasteiger partial charge in [-0.15, -0.1) is 11.3 Å². The molecular formula is C16H18N2O2S. The molecule has 0 spiro atoms. The molecule has 4 nitrogen and oxygen atoms in total. The zero-order chi connectivity index (χ0) is 14.8. The van der Waals surface area contributed by atoms with E-state index in [1.54, 1.807) is 18.4 Å². The lowest BCUT2D eigenvalue weighted by Crippen LogP contribution is -2.15. The van der Waals surface area contributed by atoms with Gasteiger partial charge >= 0.3 is 0 Å². The third-order valence-corrected chi connectivity index (χ3v) is 4.89. The van der Waals surface area contributed by atoms with Crippen molar-refractivity contribution in [3.8, 4) is 5.75 Å². The fraction of sp³-hybridized carbons (Fsp3) is 0.312. The molecule has 0 aliphatic heterocycles. The van der Waals surface area contributed by atoms with Gasteiger partial charge in [0.25, 0.3) is 5.91 Å². The zero-order valence-electron chi connectivity index (χ0n) is 11.9. The molecule has 110 valence electrons. The van der Waals surface area contributed by atoms with E-state index in [0.29, 0.717) is 10.6 Å². The van der Waals surface area contributed by atoms with Crippen LogP contribution < -0.4 is 15.8 Å². The molecule has 3 rings (SSSR count). The Hall–Kier alpha value is -2.01. The number of nitrogens with two attached hydrogens (primary N) is 1. The van der Waals surface area contributed by atoms with Gasteiger partial charge in [0.05, 0.1) is 17.7 Å². The molecule has 0 bridgehead atoms. The molecular weight excluding hydrogens is 284 g/mol. The van der Waals surface area contributed by atoms with E-state index in [9.17, 15) is 4.79 Å². The molecule has 1 heterocycles. The first-order valence-electron chi connectivity index (χ1n) is 7.04. The van der Waals surface area contributed by atoms with E-state index in [1.807, 2.05) is 24.3 Å². The Morgan fingerprint density at radius 2 is 1.95 bits per heavy atom. The topological polar surface area (TPSA) is 64.3 Å². The second kappa shape index (κ2) is 5.77. The number of carbonyl (C=O) groups excluding carboxylic acids is 1. The SMILES string of the molecule is COc1ccc(NC(=O)c2c(N)sc3c2CCCC3)cc1. The third kappa shape index (κ3) is 2.74. The molecule has 0 radical (unpaired) electrons.